The average molecular weight is 291 g/mol. The maximum atomic E-state index is 12.4. The molecule has 1 heterocycles. The van der Waals surface area contributed by atoms with Crippen LogP contribution in [-0.4, -0.2) is 37.5 Å². The number of hydrogen-bond donors (Lipinski definition) is 1. The Kier molecular flexibility index (Phi) is 6.28. The number of nitrogens with zero attached hydrogens (tertiary/aromatic N) is 1. The van der Waals surface area contributed by atoms with Crippen molar-refractivity contribution in [2.75, 3.05) is 19.7 Å². The minimum Gasteiger partial charge on any atom is -0.396 e. The van der Waals surface area contributed by atoms with Gasteiger partial charge in [-0.05, 0) is 18.6 Å². The monoisotopic (exact) mass is 291 g/mol. The molecule has 1 N–H and O–H groups in total. The van der Waals surface area contributed by atoms with Crippen molar-refractivity contribution in [3.63, 3.8) is 0 Å². The Hall–Kier alpha value is -0.430. The van der Waals surface area contributed by atoms with Crippen molar-refractivity contribution in [1.82, 2.24) is 4.31 Å². The van der Waals surface area contributed by atoms with Crippen molar-refractivity contribution in [2.45, 2.75) is 37.3 Å². The Labute approximate surface area is 113 Å². The van der Waals surface area contributed by atoms with Gasteiger partial charge in [0, 0.05) is 31.0 Å². The smallest absolute Gasteiger partial charge is 0.252 e. The van der Waals surface area contributed by atoms with Gasteiger partial charge >= 0.3 is 0 Å². The third-order valence-corrected chi connectivity index (χ3v) is 6.29. The largest absolute Gasteiger partial charge is 0.396 e. The highest BCUT2D eigenvalue weighted by Crippen LogP contribution is 2.25. The molecule has 0 aromatic carbocycles. The number of aliphatic hydroxyl groups excluding tert-OH is 1. The Morgan fingerprint density at radius 1 is 1.33 bits per heavy atom. The van der Waals surface area contributed by atoms with Gasteiger partial charge in [-0.3, -0.25) is 0 Å². The quantitative estimate of drug-likeness (QED) is 0.798. The molecule has 0 saturated carbocycles. The first-order chi connectivity index (χ1) is 8.56. The molecule has 0 aliphatic rings. The summed E-state index contributed by atoms with van der Waals surface area (Å²) in [6.45, 7) is 5.02. The third kappa shape index (κ3) is 3.78. The summed E-state index contributed by atoms with van der Waals surface area (Å²) in [6.07, 6.45) is 2.37. The summed E-state index contributed by atoms with van der Waals surface area (Å²) < 4.78 is 26.6. The van der Waals surface area contributed by atoms with Crippen LogP contribution in [-0.2, 0) is 16.4 Å². The molecular formula is C12H21NO3S2. The molecule has 18 heavy (non-hydrogen) atoms. The van der Waals surface area contributed by atoms with Crippen molar-refractivity contribution in [3.05, 3.63) is 17.0 Å². The topological polar surface area (TPSA) is 57.6 Å². The minimum atomic E-state index is -3.35. The Balaban J connectivity index is 2.88. The van der Waals surface area contributed by atoms with Crippen molar-refractivity contribution >= 4 is 21.4 Å². The number of sulfonamides is 1. The molecule has 0 aliphatic carbocycles. The SMILES string of the molecule is CCCCN(CC)S(=O)(=O)c1ccc(CCO)s1. The van der Waals surface area contributed by atoms with Crippen LogP contribution in [0.2, 0.25) is 0 Å². The molecule has 4 nitrogen and oxygen atoms in total. The predicted molar refractivity (Wildman–Crippen MR) is 74.4 cm³/mol. The fourth-order valence-corrected chi connectivity index (χ4v) is 4.64. The average Bonchev–Trinajstić information content (AvgIpc) is 2.79. The predicted octanol–water partition coefficient (Wildman–Crippen LogP) is 2.09. The number of rotatable bonds is 8. The molecular weight excluding hydrogens is 270 g/mol. The molecule has 0 saturated heterocycles. The van der Waals surface area contributed by atoms with E-state index >= 15 is 0 Å². The first kappa shape index (κ1) is 15.6. The normalized spacial score (nSPS) is 12.2. The number of hydrogen-bond acceptors (Lipinski definition) is 4. The maximum absolute atomic E-state index is 12.4. The summed E-state index contributed by atoms with van der Waals surface area (Å²) in [5.41, 5.74) is 0. The van der Waals surface area contributed by atoms with Gasteiger partial charge in [0.25, 0.3) is 10.0 Å². The van der Waals surface area contributed by atoms with Crippen molar-refractivity contribution in [2.24, 2.45) is 0 Å². The summed E-state index contributed by atoms with van der Waals surface area (Å²) in [5.74, 6) is 0. The summed E-state index contributed by atoms with van der Waals surface area (Å²) in [4.78, 5) is 0.905. The van der Waals surface area contributed by atoms with Gasteiger partial charge in [0.2, 0.25) is 0 Å². The molecule has 0 radical (unpaired) electrons. The molecule has 104 valence electrons. The van der Waals surface area contributed by atoms with Crippen LogP contribution in [0.15, 0.2) is 16.3 Å². The molecule has 0 spiro atoms. The lowest BCUT2D eigenvalue weighted by molar-refractivity contribution is 0.300. The third-order valence-electron chi connectivity index (χ3n) is 2.70. The van der Waals surface area contributed by atoms with Crippen LogP contribution in [0.5, 0.6) is 0 Å². The number of thiophene rings is 1. The molecule has 1 aromatic heterocycles. The summed E-state index contributed by atoms with van der Waals surface area (Å²) >= 11 is 1.25. The second-order valence-corrected chi connectivity index (χ2v) is 7.38. The van der Waals surface area contributed by atoms with E-state index < -0.39 is 10.0 Å². The zero-order chi connectivity index (χ0) is 13.6. The highest BCUT2D eigenvalue weighted by molar-refractivity contribution is 7.91. The molecule has 1 aromatic rings. The van der Waals surface area contributed by atoms with Crippen molar-refractivity contribution in [1.29, 1.82) is 0 Å². The van der Waals surface area contributed by atoms with E-state index in [4.69, 9.17) is 5.11 Å². The van der Waals surface area contributed by atoms with Gasteiger partial charge in [-0.2, -0.15) is 4.31 Å². The van der Waals surface area contributed by atoms with E-state index in [0.717, 1.165) is 17.7 Å². The molecule has 0 amide bonds. The van der Waals surface area contributed by atoms with Crippen LogP contribution in [0.1, 0.15) is 31.6 Å². The van der Waals surface area contributed by atoms with Crippen LogP contribution in [0.4, 0.5) is 0 Å². The van der Waals surface area contributed by atoms with Crippen LogP contribution in [0.3, 0.4) is 0 Å². The van der Waals surface area contributed by atoms with E-state index in [-0.39, 0.29) is 6.61 Å². The first-order valence-corrected chi connectivity index (χ1v) is 8.51. The van der Waals surface area contributed by atoms with Gasteiger partial charge in [0.15, 0.2) is 0 Å². The van der Waals surface area contributed by atoms with Crippen molar-refractivity contribution in [3.8, 4) is 0 Å². The standard InChI is InChI=1S/C12H21NO3S2/c1-3-5-9-13(4-2)18(15,16)12-7-6-11(17-12)8-10-14/h6-7,14H,3-5,8-10H2,1-2H3. The number of aliphatic hydroxyl groups is 1. The lowest BCUT2D eigenvalue weighted by Crippen LogP contribution is -2.31. The second-order valence-electron chi connectivity index (χ2n) is 4.04. The van der Waals surface area contributed by atoms with Crippen LogP contribution in [0.25, 0.3) is 0 Å². The van der Waals surface area contributed by atoms with E-state index in [1.807, 2.05) is 13.8 Å². The molecule has 0 bridgehead atoms. The van der Waals surface area contributed by atoms with Crippen LogP contribution >= 0.6 is 11.3 Å². The Morgan fingerprint density at radius 2 is 2.06 bits per heavy atom. The zero-order valence-corrected chi connectivity index (χ0v) is 12.6. The molecule has 0 atom stereocenters. The van der Waals surface area contributed by atoms with Crippen LogP contribution in [0, 0.1) is 0 Å². The Bertz CT molecular complexity index is 454. The molecule has 6 heteroatoms. The van der Waals surface area contributed by atoms with E-state index in [9.17, 15) is 8.42 Å². The molecule has 1 rings (SSSR count). The molecule has 0 aliphatic heterocycles. The van der Waals surface area contributed by atoms with Gasteiger partial charge < -0.3 is 5.11 Å². The lowest BCUT2D eigenvalue weighted by Gasteiger charge is -2.18. The van der Waals surface area contributed by atoms with E-state index in [1.165, 1.54) is 15.6 Å². The molecule has 0 fully saturated rings. The van der Waals surface area contributed by atoms with Gasteiger partial charge in [-0.25, -0.2) is 8.42 Å². The van der Waals surface area contributed by atoms with Gasteiger partial charge in [-0.1, -0.05) is 20.3 Å². The Morgan fingerprint density at radius 3 is 2.61 bits per heavy atom. The second kappa shape index (κ2) is 7.23. The summed E-state index contributed by atoms with van der Waals surface area (Å²) in [6, 6.07) is 3.42. The van der Waals surface area contributed by atoms with E-state index in [1.54, 1.807) is 12.1 Å². The highest BCUT2D eigenvalue weighted by atomic mass is 32.2. The summed E-state index contributed by atoms with van der Waals surface area (Å²) in [5, 5.41) is 8.85. The fraction of sp³-hybridized carbons (Fsp3) is 0.667. The first-order valence-electron chi connectivity index (χ1n) is 6.26. The minimum absolute atomic E-state index is 0.0489. The fourth-order valence-electron chi connectivity index (χ4n) is 1.65. The van der Waals surface area contributed by atoms with E-state index in [2.05, 4.69) is 0 Å². The van der Waals surface area contributed by atoms with Crippen molar-refractivity contribution < 1.29 is 13.5 Å². The van der Waals surface area contributed by atoms with Gasteiger partial charge in [-0.15, -0.1) is 11.3 Å². The maximum Gasteiger partial charge on any atom is 0.252 e. The zero-order valence-electron chi connectivity index (χ0n) is 10.9. The highest BCUT2D eigenvalue weighted by Gasteiger charge is 2.24. The van der Waals surface area contributed by atoms with Crippen LogP contribution < -0.4 is 0 Å². The van der Waals surface area contributed by atoms with Gasteiger partial charge in [0.1, 0.15) is 4.21 Å². The number of unbranched alkanes of at least 4 members (excludes halogenated alkanes) is 1. The van der Waals surface area contributed by atoms with E-state index in [0.29, 0.717) is 23.7 Å². The lowest BCUT2D eigenvalue weighted by atomic mass is 10.3. The van der Waals surface area contributed by atoms with Gasteiger partial charge in [0.05, 0.1) is 0 Å². The summed E-state index contributed by atoms with van der Waals surface area (Å²) in [7, 11) is -3.35. The molecule has 0 unspecified atom stereocenters.